The number of carbonyl (C=O) groups is 1. The lowest BCUT2D eigenvalue weighted by atomic mass is 10.1. The molecule has 0 aromatic heterocycles. The van der Waals surface area contributed by atoms with E-state index in [4.69, 9.17) is 9.47 Å². The number of nitrogens with zero attached hydrogens (tertiary/aromatic N) is 1. The van der Waals surface area contributed by atoms with E-state index in [2.05, 4.69) is 15.9 Å². The molecule has 2 aromatic rings. The van der Waals surface area contributed by atoms with Gasteiger partial charge < -0.3 is 14.4 Å². The normalized spacial score (nSPS) is 10.3. The van der Waals surface area contributed by atoms with E-state index < -0.39 is 0 Å². The Bertz CT molecular complexity index is 670. The molecule has 0 bridgehead atoms. The first kappa shape index (κ1) is 17.3. The maximum absolute atomic E-state index is 12.4. The molecule has 0 saturated carbocycles. The summed E-state index contributed by atoms with van der Waals surface area (Å²) in [5.41, 5.74) is 1.94. The summed E-state index contributed by atoms with van der Waals surface area (Å²) in [7, 11) is 5.00. The van der Waals surface area contributed by atoms with Crippen molar-refractivity contribution < 1.29 is 14.3 Å². The van der Waals surface area contributed by atoms with Gasteiger partial charge >= 0.3 is 0 Å². The fourth-order valence-electron chi connectivity index (χ4n) is 2.25. The van der Waals surface area contributed by atoms with Crippen LogP contribution in [0.15, 0.2) is 46.9 Å². The fraction of sp³-hybridized carbons (Fsp3) is 0.278. The van der Waals surface area contributed by atoms with Crippen molar-refractivity contribution in [2.45, 2.75) is 13.0 Å². The molecule has 0 spiro atoms. The number of halogens is 1. The molecule has 5 heteroatoms. The third-order valence-electron chi connectivity index (χ3n) is 3.59. The van der Waals surface area contributed by atoms with Gasteiger partial charge in [0.1, 0.15) is 11.5 Å². The summed E-state index contributed by atoms with van der Waals surface area (Å²) in [6.07, 6.45) is 0.292. The number of amides is 1. The quantitative estimate of drug-likeness (QED) is 0.770. The minimum Gasteiger partial charge on any atom is -0.497 e. The van der Waals surface area contributed by atoms with E-state index in [-0.39, 0.29) is 5.91 Å². The first-order chi connectivity index (χ1) is 11.0. The van der Waals surface area contributed by atoms with E-state index in [0.717, 1.165) is 15.6 Å². The maximum atomic E-state index is 12.4. The highest BCUT2D eigenvalue weighted by Crippen LogP contribution is 2.25. The Morgan fingerprint density at radius 3 is 2.39 bits per heavy atom. The highest BCUT2D eigenvalue weighted by atomic mass is 79.9. The summed E-state index contributed by atoms with van der Waals surface area (Å²) in [4.78, 5) is 14.2. The Kier molecular flexibility index (Phi) is 6.04. The summed E-state index contributed by atoms with van der Waals surface area (Å²) in [5, 5.41) is 0. The highest BCUT2D eigenvalue weighted by molar-refractivity contribution is 9.10. The Hall–Kier alpha value is -2.01. The lowest BCUT2D eigenvalue weighted by Crippen LogP contribution is -2.27. The zero-order chi connectivity index (χ0) is 16.8. The highest BCUT2D eigenvalue weighted by Gasteiger charge is 2.14. The zero-order valence-electron chi connectivity index (χ0n) is 13.5. The maximum Gasteiger partial charge on any atom is 0.227 e. The van der Waals surface area contributed by atoms with Crippen LogP contribution in [0.1, 0.15) is 11.1 Å². The van der Waals surface area contributed by atoms with Gasteiger partial charge in [-0.2, -0.15) is 0 Å². The van der Waals surface area contributed by atoms with Crippen LogP contribution in [0.4, 0.5) is 0 Å². The molecule has 2 rings (SSSR count). The molecular formula is C18H20BrNO3. The SMILES string of the molecule is COc1ccc(CC(=O)N(C)Cc2ccc(Br)cc2)c(OC)c1. The minimum absolute atomic E-state index is 0.0383. The van der Waals surface area contributed by atoms with Gasteiger partial charge in [-0.15, -0.1) is 0 Å². The van der Waals surface area contributed by atoms with Gasteiger partial charge in [0.25, 0.3) is 0 Å². The molecule has 2 aromatic carbocycles. The van der Waals surface area contributed by atoms with Gasteiger partial charge in [0.2, 0.25) is 5.91 Å². The molecule has 0 radical (unpaired) electrons. The average molecular weight is 378 g/mol. The van der Waals surface area contributed by atoms with E-state index >= 15 is 0 Å². The molecule has 122 valence electrons. The number of ether oxygens (including phenoxy) is 2. The summed E-state index contributed by atoms with van der Waals surface area (Å²) < 4.78 is 11.5. The Labute approximate surface area is 145 Å². The van der Waals surface area contributed by atoms with Gasteiger partial charge in [-0.25, -0.2) is 0 Å². The molecule has 0 unspecified atom stereocenters. The number of likely N-dealkylation sites (N-methyl/N-ethyl adjacent to an activating group) is 1. The molecule has 0 aliphatic carbocycles. The van der Waals surface area contributed by atoms with Crippen LogP contribution in [0, 0.1) is 0 Å². The predicted molar refractivity (Wildman–Crippen MR) is 93.9 cm³/mol. The Morgan fingerprint density at radius 1 is 1.09 bits per heavy atom. The molecule has 0 fully saturated rings. The van der Waals surface area contributed by atoms with Gasteiger partial charge in [-0.05, 0) is 23.8 Å². The zero-order valence-corrected chi connectivity index (χ0v) is 15.1. The standard InChI is InChI=1S/C18H20BrNO3/c1-20(12-13-4-7-15(19)8-5-13)18(21)10-14-6-9-16(22-2)11-17(14)23-3/h4-9,11H,10,12H2,1-3H3. The molecule has 0 saturated heterocycles. The van der Waals surface area contributed by atoms with Crippen LogP contribution in [0.3, 0.4) is 0 Å². The van der Waals surface area contributed by atoms with Crippen molar-refractivity contribution in [3.05, 3.63) is 58.1 Å². The molecule has 0 heterocycles. The third kappa shape index (κ3) is 4.73. The lowest BCUT2D eigenvalue weighted by Gasteiger charge is -2.18. The molecule has 0 aliphatic heterocycles. The number of methoxy groups -OCH3 is 2. The second kappa shape index (κ2) is 8.02. The predicted octanol–water partition coefficient (Wildman–Crippen LogP) is 3.67. The van der Waals surface area contributed by atoms with E-state index in [9.17, 15) is 4.79 Å². The average Bonchev–Trinajstić information content (AvgIpc) is 2.57. The fourth-order valence-corrected chi connectivity index (χ4v) is 2.51. The van der Waals surface area contributed by atoms with Crippen molar-refractivity contribution in [2.24, 2.45) is 0 Å². The van der Waals surface area contributed by atoms with Crippen molar-refractivity contribution in [3.8, 4) is 11.5 Å². The number of carbonyl (C=O) groups excluding carboxylic acids is 1. The number of hydrogen-bond acceptors (Lipinski definition) is 3. The molecule has 23 heavy (non-hydrogen) atoms. The molecule has 0 N–H and O–H groups in total. The molecular weight excluding hydrogens is 358 g/mol. The summed E-state index contributed by atoms with van der Waals surface area (Å²) >= 11 is 3.41. The van der Waals surface area contributed by atoms with Crippen LogP contribution in [0.2, 0.25) is 0 Å². The van der Waals surface area contributed by atoms with Crippen LogP contribution in [-0.2, 0) is 17.8 Å². The first-order valence-electron chi connectivity index (χ1n) is 7.22. The molecule has 1 amide bonds. The number of hydrogen-bond donors (Lipinski definition) is 0. The van der Waals surface area contributed by atoms with Crippen LogP contribution in [-0.4, -0.2) is 32.1 Å². The van der Waals surface area contributed by atoms with Crippen molar-refractivity contribution in [1.82, 2.24) is 4.90 Å². The van der Waals surface area contributed by atoms with Crippen LogP contribution in [0.25, 0.3) is 0 Å². The number of benzene rings is 2. The van der Waals surface area contributed by atoms with E-state index in [1.54, 1.807) is 32.2 Å². The van der Waals surface area contributed by atoms with E-state index in [0.29, 0.717) is 24.5 Å². The van der Waals surface area contributed by atoms with Gasteiger partial charge in [0.05, 0.1) is 20.6 Å². The molecule has 0 aliphatic rings. The monoisotopic (exact) mass is 377 g/mol. The van der Waals surface area contributed by atoms with Crippen molar-refractivity contribution >= 4 is 21.8 Å². The molecule has 0 atom stereocenters. The molecule has 4 nitrogen and oxygen atoms in total. The van der Waals surface area contributed by atoms with Crippen LogP contribution >= 0.6 is 15.9 Å². The van der Waals surface area contributed by atoms with Crippen LogP contribution in [0.5, 0.6) is 11.5 Å². The first-order valence-corrected chi connectivity index (χ1v) is 8.02. The Morgan fingerprint density at radius 2 is 1.78 bits per heavy atom. The van der Waals surface area contributed by atoms with E-state index in [1.165, 1.54) is 0 Å². The smallest absolute Gasteiger partial charge is 0.227 e. The van der Waals surface area contributed by atoms with Crippen molar-refractivity contribution in [1.29, 1.82) is 0 Å². The topological polar surface area (TPSA) is 38.8 Å². The lowest BCUT2D eigenvalue weighted by molar-refractivity contribution is -0.129. The third-order valence-corrected chi connectivity index (χ3v) is 4.12. The van der Waals surface area contributed by atoms with Crippen molar-refractivity contribution in [3.63, 3.8) is 0 Å². The summed E-state index contributed by atoms with van der Waals surface area (Å²) in [6.45, 7) is 0.574. The summed E-state index contributed by atoms with van der Waals surface area (Å²) in [5.74, 6) is 1.41. The second-order valence-corrected chi connectivity index (χ2v) is 6.15. The number of rotatable bonds is 6. The van der Waals surface area contributed by atoms with Gasteiger partial charge in [0, 0.05) is 29.7 Å². The van der Waals surface area contributed by atoms with Crippen molar-refractivity contribution in [2.75, 3.05) is 21.3 Å². The van der Waals surface area contributed by atoms with Gasteiger partial charge in [-0.3, -0.25) is 4.79 Å². The summed E-state index contributed by atoms with van der Waals surface area (Å²) in [6, 6.07) is 13.4. The van der Waals surface area contributed by atoms with Gasteiger partial charge in [-0.1, -0.05) is 34.1 Å². The largest absolute Gasteiger partial charge is 0.497 e. The second-order valence-electron chi connectivity index (χ2n) is 5.23. The van der Waals surface area contributed by atoms with Crippen LogP contribution < -0.4 is 9.47 Å². The van der Waals surface area contributed by atoms with E-state index in [1.807, 2.05) is 36.4 Å². The van der Waals surface area contributed by atoms with Gasteiger partial charge in [0.15, 0.2) is 0 Å². The Balaban J connectivity index is 2.04. The minimum atomic E-state index is 0.0383.